The van der Waals surface area contributed by atoms with Gasteiger partial charge in [0, 0.05) is 42.8 Å². The van der Waals surface area contributed by atoms with Gasteiger partial charge in [0.2, 0.25) is 11.8 Å². The smallest absolute Gasteiger partial charge is 0.317 e. The third kappa shape index (κ3) is 4.59. The molecule has 2 aliphatic rings. The molecule has 1 N–H and O–H groups in total. The van der Waals surface area contributed by atoms with Crippen molar-refractivity contribution in [1.29, 1.82) is 0 Å². The first-order valence-electron chi connectivity index (χ1n) is 9.12. The van der Waals surface area contributed by atoms with E-state index in [0.29, 0.717) is 24.7 Å². The lowest BCUT2D eigenvalue weighted by molar-refractivity contribution is -0.140. The summed E-state index contributed by atoms with van der Waals surface area (Å²) < 4.78 is 0. The van der Waals surface area contributed by atoms with Gasteiger partial charge in [-0.25, -0.2) is 0 Å². The third-order valence-electron chi connectivity index (χ3n) is 5.40. The van der Waals surface area contributed by atoms with Crippen LogP contribution in [0.4, 0.5) is 5.69 Å². The van der Waals surface area contributed by atoms with E-state index in [-0.39, 0.29) is 36.7 Å². The maximum absolute atomic E-state index is 12.8. The second-order valence-corrected chi connectivity index (χ2v) is 7.68. The molecule has 0 unspecified atom stereocenters. The van der Waals surface area contributed by atoms with Crippen molar-refractivity contribution >= 4 is 35.1 Å². The van der Waals surface area contributed by atoms with Crippen molar-refractivity contribution in [3.8, 4) is 0 Å². The first-order valence-corrected chi connectivity index (χ1v) is 9.49. The van der Waals surface area contributed by atoms with Crippen LogP contribution in [0, 0.1) is 5.92 Å². The van der Waals surface area contributed by atoms with Crippen molar-refractivity contribution in [2.75, 3.05) is 38.1 Å². The second kappa shape index (κ2) is 8.27. The molecule has 1 atom stereocenters. The summed E-state index contributed by atoms with van der Waals surface area (Å²) in [5.41, 5.74) is 0.758. The van der Waals surface area contributed by atoms with E-state index < -0.39 is 5.97 Å². The molecule has 2 amide bonds. The number of piperidine rings is 1. The molecule has 1 aromatic carbocycles. The molecule has 0 bridgehead atoms. The van der Waals surface area contributed by atoms with Gasteiger partial charge in [-0.1, -0.05) is 11.6 Å². The van der Waals surface area contributed by atoms with Gasteiger partial charge in [-0.2, -0.15) is 0 Å². The summed E-state index contributed by atoms with van der Waals surface area (Å²) in [6.07, 6.45) is 1.72. The summed E-state index contributed by atoms with van der Waals surface area (Å²) in [6, 6.07) is 7.21. The Morgan fingerprint density at radius 2 is 1.85 bits per heavy atom. The lowest BCUT2D eigenvalue weighted by Gasteiger charge is -2.37. The number of nitrogens with zero attached hydrogens (tertiary/aromatic N) is 3. The highest BCUT2D eigenvalue weighted by Crippen LogP contribution is 2.28. The molecule has 2 heterocycles. The number of hydrogen-bond donors (Lipinski definition) is 1. The van der Waals surface area contributed by atoms with Crippen LogP contribution in [0.15, 0.2) is 24.3 Å². The molecule has 2 aliphatic heterocycles. The van der Waals surface area contributed by atoms with E-state index >= 15 is 0 Å². The highest BCUT2D eigenvalue weighted by Gasteiger charge is 2.38. The van der Waals surface area contributed by atoms with Gasteiger partial charge in [0.25, 0.3) is 0 Å². The summed E-state index contributed by atoms with van der Waals surface area (Å²) in [5, 5.41) is 9.51. The van der Waals surface area contributed by atoms with E-state index in [9.17, 15) is 14.4 Å². The fourth-order valence-electron chi connectivity index (χ4n) is 3.87. The molecule has 0 saturated carbocycles. The summed E-state index contributed by atoms with van der Waals surface area (Å²) in [5.74, 6) is -1.21. The Hall–Kier alpha value is -2.12. The Balaban J connectivity index is 1.55. The average molecular weight is 394 g/mol. The molecule has 2 fully saturated rings. The van der Waals surface area contributed by atoms with Gasteiger partial charge in [-0.15, -0.1) is 0 Å². The van der Waals surface area contributed by atoms with Crippen LogP contribution < -0.4 is 4.90 Å². The van der Waals surface area contributed by atoms with Crippen molar-refractivity contribution in [3.63, 3.8) is 0 Å². The molecular formula is C19H24ClN3O4. The number of hydrogen-bond acceptors (Lipinski definition) is 4. The molecule has 3 rings (SSSR count). The summed E-state index contributed by atoms with van der Waals surface area (Å²) in [7, 11) is 1.80. The lowest BCUT2D eigenvalue weighted by Crippen LogP contribution is -2.48. The predicted molar refractivity (Wildman–Crippen MR) is 102 cm³/mol. The summed E-state index contributed by atoms with van der Waals surface area (Å²) in [6.45, 7) is 1.59. The second-order valence-electron chi connectivity index (χ2n) is 7.25. The van der Waals surface area contributed by atoms with E-state index in [1.807, 2.05) is 9.80 Å². The van der Waals surface area contributed by atoms with Gasteiger partial charge in [0.05, 0.1) is 12.5 Å². The highest BCUT2D eigenvalue weighted by atomic mass is 35.5. The van der Waals surface area contributed by atoms with E-state index in [2.05, 4.69) is 0 Å². The number of likely N-dealkylation sites (tertiary alicyclic amines) is 1. The normalized spacial score (nSPS) is 21.1. The van der Waals surface area contributed by atoms with Crippen LogP contribution in [0.2, 0.25) is 5.02 Å². The zero-order valence-corrected chi connectivity index (χ0v) is 16.1. The largest absolute Gasteiger partial charge is 0.480 e. The molecule has 0 spiro atoms. The van der Waals surface area contributed by atoms with Crippen molar-refractivity contribution < 1.29 is 19.5 Å². The molecule has 146 valence electrons. The first-order chi connectivity index (χ1) is 12.8. The van der Waals surface area contributed by atoms with Gasteiger partial charge in [-0.05, 0) is 44.2 Å². The standard InChI is InChI=1S/C19H24ClN3O4/c1-21(12-18(25)26)15-6-8-22(9-7-15)19(27)13-10-17(24)23(11-13)16-4-2-14(20)3-5-16/h2-5,13,15H,6-12H2,1H3,(H,25,26)/t13-/m0/s1. The minimum Gasteiger partial charge on any atom is -0.480 e. The van der Waals surface area contributed by atoms with Gasteiger partial charge in [-0.3, -0.25) is 19.3 Å². The van der Waals surface area contributed by atoms with E-state index in [1.54, 1.807) is 36.2 Å². The van der Waals surface area contributed by atoms with E-state index in [1.165, 1.54) is 0 Å². The van der Waals surface area contributed by atoms with Crippen LogP contribution >= 0.6 is 11.6 Å². The molecule has 7 nitrogen and oxygen atoms in total. The Bertz CT molecular complexity index is 716. The van der Waals surface area contributed by atoms with Crippen molar-refractivity contribution in [1.82, 2.24) is 9.80 Å². The summed E-state index contributed by atoms with van der Waals surface area (Å²) in [4.78, 5) is 41.3. The molecule has 1 aromatic rings. The van der Waals surface area contributed by atoms with Crippen molar-refractivity contribution in [2.24, 2.45) is 5.92 Å². The topological polar surface area (TPSA) is 81.2 Å². The van der Waals surface area contributed by atoms with E-state index in [0.717, 1.165) is 18.5 Å². The SMILES string of the molecule is CN(CC(=O)O)C1CCN(C(=O)[C@H]2CC(=O)N(c3ccc(Cl)cc3)C2)CC1. The maximum atomic E-state index is 12.8. The van der Waals surface area contributed by atoms with Crippen LogP contribution in [0.1, 0.15) is 19.3 Å². The molecule has 0 aliphatic carbocycles. The highest BCUT2D eigenvalue weighted by molar-refractivity contribution is 6.30. The number of halogens is 1. The monoisotopic (exact) mass is 393 g/mol. The van der Waals surface area contributed by atoms with Gasteiger partial charge in [0.15, 0.2) is 0 Å². The van der Waals surface area contributed by atoms with Crippen LogP contribution in [-0.2, 0) is 14.4 Å². The Morgan fingerprint density at radius 3 is 2.44 bits per heavy atom. The Morgan fingerprint density at radius 1 is 1.22 bits per heavy atom. The van der Waals surface area contributed by atoms with Gasteiger partial charge >= 0.3 is 5.97 Å². The number of carboxylic acid groups (broad SMARTS) is 1. The number of carbonyl (C=O) groups excluding carboxylic acids is 2. The number of amides is 2. The van der Waals surface area contributed by atoms with Crippen LogP contribution in [0.5, 0.6) is 0 Å². The van der Waals surface area contributed by atoms with Crippen molar-refractivity contribution in [2.45, 2.75) is 25.3 Å². The zero-order chi connectivity index (χ0) is 19.6. The number of carboxylic acids is 1. The minimum absolute atomic E-state index is 0.00575. The molecule has 27 heavy (non-hydrogen) atoms. The minimum atomic E-state index is -0.845. The van der Waals surface area contributed by atoms with Gasteiger partial charge in [0.1, 0.15) is 0 Å². The van der Waals surface area contributed by atoms with Crippen molar-refractivity contribution in [3.05, 3.63) is 29.3 Å². The number of aliphatic carboxylic acids is 1. The molecule has 0 aromatic heterocycles. The number of likely N-dealkylation sites (N-methyl/N-ethyl adjacent to an activating group) is 1. The molecular weight excluding hydrogens is 370 g/mol. The predicted octanol–water partition coefficient (Wildman–Crippen LogP) is 1.70. The fraction of sp³-hybridized carbons (Fsp3) is 0.526. The third-order valence-corrected chi connectivity index (χ3v) is 5.65. The van der Waals surface area contributed by atoms with Crippen LogP contribution in [-0.4, -0.2) is 72.0 Å². The van der Waals surface area contributed by atoms with Crippen LogP contribution in [0.3, 0.4) is 0 Å². The quantitative estimate of drug-likeness (QED) is 0.823. The molecule has 0 radical (unpaired) electrons. The molecule has 2 saturated heterocycles. The average Bonchev–Trinajstić information content (AvgIpc) is 3.03. The Kier molecular flexibility index (Phi) is 6.01. The number of carbonyl (C=O) groups is 3. The number of benzene rings is 1. The number of rotatable bonds is 5. The lowest BCUT2D eigenvalue weighted by atomic mass is 10.0. The Labute approximate surface area is 163 Å². The molecule has 8 heteroatoms. The number of anilines is 1. The van der Waals surface area contributed by atoms with E-state index in [4.69, 9.17) is 16.7 Å². The fourth-order valence-corrected chi connectivity index (χ4v) is 4.00. The first kappa shape index (κ1) is 19.6. The van der Waals surface area contributed by atoms with Crippen LogP contribution in [0.25, 0.3) is 0 Å². The maximum Gasteiger partial charge on any atom is 0.317 e. The summed E-state index contributed by atoms with van der Waals surface area (Å²) >= 11 is 5.90. The van der Waals surface area contributed by atoms with Gasteiger partial charge < -0.3 is 14.9 Å². The zero-order valence-electron chi connectivity index (χ0n) is 15.3.